The molecule has 2 rings (SSSR count). The largest absolute Gasteiger partial charge is 0.370 e. The number of aliphatic imine (C=N–C) groups is 1. The predicted octanol–water partition coefficient (Wildman–Crippen LogP) is 2.44. The second kappa shape index (κ2) is 8.03. The van der Waals surface area contributed by atoms with Crippen LogP contribution in [0.3, 0.4) is 0 Å². The van der Waals surface area contributed by atoms with Crippen LogP contribution in [0.5, 0.6) is 0 Å². The number of nitrogens with zero attached hydrogens (tertiary/aromatic N) is 3. The zero-order valence-electron chi connectivity index (χ0n) is 13.4. The van der Waals surface area contributed by atoms with E-state index in [1.54, 1.807) is 0 Å². The molecule has 1 saturated heterocycles. The Morgan fingerprint density at radius 1 is 1.10 bits per heavy atom. The van der Waals surface area contributed by atoms with Crippen molar-refractivity contribution in [3.63, 3.8) is 0 Å². The van der Waals surface area contributed by atoms with Crippen LogP contribution in [0.2, 0.25) is 0 Å². The SMILES string of the molecule is CN(C)Cc1ccccc1CN=C(N)N1CCCCCC1. The number of guanidine groups is 1. The maximum Gasteiger partial charge on any atom is 0.191 e. The molecule has 1 aliphatic rings. The van der Waals surface area contributed by atoms with Gasteiger partial charge in [0.25, 0.3) is 0 Å². The maximum atomic E-state index is 6.18. The molecule has 1 heterocycles. The summed E-state index contributed by atoms with van der Waals surface area (Å²) in [5, 5.41) is 0. The van der Waals surface area contributed by atoms with Crippen molar-refractivity contribution in [1.82, 2.24) is 9.80 Å². The summed E-state index contributed by atoms with van der Waals surface area (Å²) in [7, 11) is 4.18. The fraction of sp³-hybridized carbons (Fsp3) is 0.588. The molecular formula is C17H28N4. The van der Waals surface area contributed by atoms with Crippen LogP contribution in [0, 0.1) is 0 Å². The van der Waals surface area contributed by atoms with Gasteiger partial charge in [0, 0.05) is 19.6 Å². The summed E-state index contributed by atoms with van der Waals surface area (Å²) >= 11 is 0. The van der Waals surface area contributed by atoms with Crippen LogP contribution in [0.4, 0.5) is 0 Å². The van der Waals surface area contributed by atoms with Crippen LogP contribution in [0.15, 0.2) is 29.3 Å². The van der Waals surface area contributed by atoms with Crippen LogP contribution < -0.4 is 5.73 Å². The van der Waals surface area contributed by atoms with E-state index in [-0.39, 0.29) is 0 Å². The van der Waals surface area contributed by atoms with Crippen molar-refractivity contribution >= 4 is 5.96 Å². The minimum Gasteiger partial charge on any atom is -0.370 e. The molecular weight excluding hydrogens is 260 g/mol. The van der Waals surface area contributed by atoms with Gasteiger partial charge in [0.1, 0.15) is 0 Å². The van der Waals surface area contributed by atoms with Crippen molar-refractivity contribution in [2.45, 2.75) is 38.8 Å². The van der Waals surface area contributed by atoms with E-state index in [0.29, 0.717) is 12.5 Å². The summed E-state index contributed by atoms with van der Waals surface area (Å²) < 4.78 is 0. The summed E-state index contributed by atoms with van der Waals surface area (Å²) in [4.78, 5) is 9.05. The Kier molecular flexibility index (Phi) is 6.05. The summed E-state index contributed by atoms with van der Waals surface area (Å²) in [6.07, 6.45) is 5.09. The first kappa shape index (κ1) is 15.8. The molecule has 0 aliphatic carbocycles. The Morgan fingerprint density at radius 3 is 2.33 bits per heavy atom. The Hall–Kier alpha value is -1.55. The van der Waals surface area contributed by atoms with Gasteiger partial charge in [0.2, 0.25) is 0 Å². The molecule has 116 valence electrons. The molecule has 1 aromatic rings. The average Bonchev–Trinajstić information content (AvgIpc) is 2.74. The molecule has 1 aliphatic heterocycles. The lowest BCUT2D eigenvalue weighted by molar-refractivity contribution is 0.400. The van der Waals surface area contributed by atoms with Crippen molar-refractivity contribution in [2.75, 3.05) is 27.2 Å². The molecule has 2 N–H and O–H groups in total. The highest BCUT2D eigenvalue weighted by atomic mass is 15.2. The van der Waals surface area contributed by atoms with Crippen molar-refractivity contribution in [2.24, 2.45) is 10.7 Å². The number of nitrogens with two attached hydrogens (primary N) is 1. The second-order valence-corrected chi connectivity index (χ2v) is 6.08. The summed E-state index contributed by atoms with van der Waals surface area (Å²) in [5.41, 5.74) is 8.78. The van der Waals surface area contributed by atoms with E-state index >= 15 is 0 Å². The maximum absolute atomic E-state index is 6.18. The first-order valence-corrected chi connectivity index (χ1v) is 7.93. The van der Waals surface area contributed by atoms with E-state index < -0.39 is 0 Å². The molecule has 0 amide bonds. The molecule has 0 unspecified atom stereocenters. The van der Waals surface area contributed by atoms with E-state index in [4.69, 9.17) is 5.73 Å². The lowest BCUT2D eigenvalue weighted by Gasteiger charge is -2.21. The Balaban J connectivity index is 2.02. The topological polar surface area (TPSA) is 44.9 Å². The molecule has 1 fully saturated rings. The lowest BCUT2D eigenvalue weighted by atomic mass is 10.1. The number of rotatable bonds is 4. The Labute approximate surface area is 128 Å². The van der Waals surface area contributed by atoms with E-state index in [0.717, 1.165) is 19.6 Å². The minimum atomic E-state index is 0.673. The number of hydrogen-bond acceptors (Lipinski definition) is 2. The molecule has 0 saturated carbocycles. The van der Waals surface area contributed by atoms with Crippen LogP contribution in [-0.4, -0.2) is 42.9 Å². The third kappa shape index (κ3) is 5.05. The van der Waals surface area contributed by atoms with Crippen LogP contribution in [0.25, 0.3) is 0 Å². The van der Waals surface area contributed by atoms with E-state index in [1.165, 1.54) is 36.8 Å². The van der Waals surface area contributed by atoms with E-state index in [2.05, 4.69) is 53.2 Å². The molecule has 4 nitrogen and oxygen atoms in total. The molecule has 0 aromatic heterocycles. The van der Waals surface area contributed by atoms with Crippen molar-refractivity contribution in [1.29, 1.82) is 0 Å². The van der Waals surface area contributed by atoms with Gasteiger partial charge in [-0.1, -0.05) is 37.1 Å². The number of benzene rings is 1. The summed E-state index contributed by atoms with van der Waals surface area (Å²) in [5.74, 6) is 0.705. The van der Waals surface area contributed by atoms with Gasteiger partial charge in [0.15, 0.2) is 5.96 Å². The zero-order valence-corrected chi connectivity index (χ0v) is 13.4. The second-order valence-electron chi connectivity index (χ2n) is 6.08. The Bertz CT molecular complexity index is 460. The molecule has 21 heavy (non-hydrogen) atoms. The smallest absolute Gasteiger partial charge is 0.191 e. The zero-order chi connectivity index (χ0) is 15.1. The van der Waals surface area contributed by atoms with E-state index in [1.807, 2.05) is 0 Å². The van der Waals surface area contributed by atoms with Crippen LogP contribution >= 0.6 is 0 Å². The van der Waals surface area contributed by atoms with Gasteiger partial charge in [-0.3, -0.25) is 0 Å². The molecule has 0 spiro atoms. The molecule has 0 bridgehead atoms. The molecule has 4 heteroatoms. The van der Waals surface area contributed by atoms with Crippen LogP contribution in [0.1, 0.15) is 36.8 Å². The highest BCUT2D eigenvalue weighted by molar-refractivity contribution is 5.78. The van der Waals surface area contributed by atoms with Crippen molar-refractivity contribution < 1.29 is 0 Å². The number of hydrogen-bond donors (Lipinski definition) is 1. The fourth-order valence-corrected chi connectivity index (χ4v) is 2.77. The van der Waals surface area contributed by atoms with Gasteiger partial charge in [-0.25, -0.2) is 4.99 Å². The molecule has 0 radical (unpaired) electrons. The first-order valence-electron chi connectivity index (χ1n) is 7.93. The van der Waals surface area contributed by atoms with Crippen LogP contribution in [-0.2, 0) is 13.1 Å². The highest BCUT2D eigenvalue weighted by Gasteiger charge is 2.11. The fourth-order valence-electron chi connectivity index (χ4n) is 2.77. The minimum absolute atomic E-state index is 0.673. The monoisotopic (exact) mass is 288 g/mol. The van der Waals surface area contributed by atoms with Gasteiger partial charge in [-0.05, 0) is 38.1 Å². The van der Waals surface area contributed by atoms with Gasteiger partial charge in [0.05, 0.1) is 6.54 Å². The lowest BCUT2D eigenvalue weighted by Crippen LogP contribution is -2.38. The molecule has 0 atom stereocenters. The molecule has 1 aromatic carbocycles. The third-order valence-corrected chi connectivity index (χ3v) is 3.95. The van der Waals surface area contributed by atoms with Gasteiger partial charge in [-0.2, -0.15) is 0 Å². The number of likely N-dealkylation sites (tertiary alicyclic amines) is 1. The van der Waals surface area contributed by atoms with Crippen molar-refractivity contribution in [3.8, 4) is 0 Å². The predicted molar refractivity (Wildman–Crippen MR) is 89.2 cm³/mol. The van der Waals surface area contributed by atoms with Gasteiger partial charge < -0.3 is 15.5 Å². The highest BCUT2D eigenvalue weighted by Crippen LogP contribution is 2.13. The Morgan fingerprint density at radius 2 is 1.71 bits per heavy atom. The van der Waals surface area contributed by atoms with Crippen molar-refractivity contribution in [3.05, 3.63) is 35.4 Å². The van der Waals surface area contributed by atoms with E-state index in [9.17, 15) is 0 Å². The normalized spacial score (nSPS) is 17.1. The standard InChI is InChI=1S/C17H28N4/c1-20(2)14-16-10-6-5-9-15(16)13-19-17(18)21-11-7-3-4-8-12-21/h5-6,9-10H,3-4,7-8,11-14H2,1-2H3,(H2,18,19). The van der Waals surface area contributed by atoms with Gasteiger partial charge >= 0.3 is 0 Å². The average molecular weight is 288 g/mol. The van der Waals surface area contributed by atoms with Gasteiger partial charge in [-0.15, -0.1) is 0 Å². The summed E-state index contributed by atoms with van der Waals surface area (Å²) in [6.45, 7) is 3.71. The summed E-state index contributed by atoms with van der Waals surface area (Å²) in [6, 6.07) is 8.49. The quantitative estimate of drug-likeness (QED) is 0.683. The third-order valence-electron chi connectivity index (χ3n) is 3.95. The first-order chi connectivity index (χ1) is 10.2.